The van der Waals surface area contributed by atoms with E-state index in [-0.39, 0.29) is 0 Å². The van der Waals surface area contributed by atoms with Crippen LogP contribution in [0.2, 0.25) is 10.0 Å². The van der Waals surface area contributed by atoms with Gasteiger partial charge in [-0.05, 0) is 24.6 Å². The molecule has 0 spiro atoms. The van der Waals surface area contributed by atoms with E-state index in [9.17, 15) is 0 Å². The van der Waals surface area contributed by atoms with Gasteiger partial charge in [-0.25, -0.2) is 0 Å². The van der Waals surface area contributed by atoms with E-state index in [1.807, 2.05) is 29.8 Å². The van der Waals surface area contributed by atoms with Gasteiger partial charge in [0.2, 0.25) is 0 Å². The van der Waals surface area contributed by atoms with E-state index in [4.69, 9.17) is 27.9 Å². The van der Waals surface area contributed by atoms with Crippen molar-refractivity contribution in [3.63, 3.8) is 0 Å². The third kappa shape index (κ3) is 4.71. The lowest BCUT2D eigenvalue weighted by atomic mass is 10.2. The zero-order valence-electron chi connectivity index (χ0n) is 12.2. The largest absolute Gasteiger partial charge is 0.383 e. The zero-order chi connectivity index (χ0) is 15.2. The number of methoxy groups -OCH3 is 1. The number of hydrogen-bond donors (Lipinski definition) is 1. The van der Waals surface area contributed by atoms with Crippen LogP contribution in [0, 0.1) is 6.92 Å². The molecule has 2 aromatic rings. The maximum Gasteiger partial charge on any atom is 0.0660 e. The average Bonchev–Trinajstić information content (AvgIpc) is 2.79. The van der Waals surface area contributed by atoms with Crippen molar-refractivity contribution in [3.8, 4) is 0 Å². The van der Waals surface area contributed by atoms with Crippen LogP contribution in [0.25, 0.3) is 0 Å². The summed E-state index contributed by atoms with van der Waals surface area (Å²) in [6.07, 6.45) is 2.05. The Morgan fingerprint density at radius 1 is 1.29 bits per heavy atom. The van der Waals surface area contributed by atoms with Gasteiger partial charge < -0.3 is 10.1 Å². The van der Waals surface area contributed by atoms with E-state index in [1.165, 1.54) is 5.56 Å². The molecule has 1 aromatic carbocycles. The molecule has 0 amide bonds. The third-order valence-electron chi connectivity index (χ3n) is 3.18. The Bertz CT molecular complexity index is 599. The maximum atomic E-state index is 6.03. The average molecular weight is 328 g/mol. The Kier molecular flexibility index (Phi) is 6.06. The summed E-state index contributed by atoms with van der Waals surface area (Å²) < 4.78 is 6.93. The van der Waals surface area contributed by atoms with Crippen molar-refractivity contribution >= 4 is 23.2 Å². The van der Waals surface area contributed by atoms with Crippen LogP contribution < -0.4 is 5.32 Å². The number of aryl methyl sites for hydroxylation is 1. The number of nitrogens with one attached hydrogen (secondary N) is 1. The second-order valence-corrected chi connectivity index (χ2v) is 5.67. The van der Waals surface area contributed by atoms with Crippen LogP contribution in [0.3, 0.4) is 0 Å². The second kappa shape index (κ2) is 7.80. The summed E-state index contributed by atoms with van der Waals surface area (Å²) in [7, 11) is 1.70. The van der Waals surface area contributed by atoms with Gasteiger partial charge >= 0.3 is 0 Å². The van der Waals surface area contributed by atoms with Gasteiger partial charge in [0, 0.05) is 32.0 Å². The van der Waals surface area contributed by atoms with E-state index < -0.39 is 0 Å². The summed E-state index contributed by atoms with van der Waals surface area (Å²) >= 11 is 12.0. The number of halogens is 2. The molecule has 0 bridgehead atoms. The van der Waals surface area contributed by atoms with Crippen LogP contribution in [0.5, 0.6) is 0 Å². The molecule has 4 nitrogen and oxygen atoms in total. The Hall–Kier alpha value is -1.07. The topological polar surface area (TPSA) is 39.1 Å². The molecule has 114 valence electrons. The summed E-state index contributed by atoms with van der Waals surface area (Å²) in [5.74, 6) is 0. The molecule has 0 saturated heterocycles. The number of benzene rings is 1. The van der Waals surface area contributed by atoms with Crippen molar-refractivity contribution in [2.45, 2.75) is 20.0 Å². The second-order valence-electron chi connectivity index (χ2n) is 4.86. The quantitative estimate of drug-likeness (QED) is 0.793. The molecular formula is C15H19Cl2N3O. The minimum absolute atomic E-state index is 0.569. The molecule has 0 aliphatic heterocycles. The van der Waals surface area contributed by atoms with Gasteiger partial charge in [-0.15, -0.1) is 0 Å². The van der Waals surface area contributed by atoms with Gasteiger partial charge in [-0.2, -0.15) is 5.10 Å². The Balaban J connectivity index is 1.99. The number of hydrogen-bond acceptors (Lipinski definition) is 3. The van der Waals surface area contributed by atoms with Crippen molar-refractivity contribution < 1.29 is 4.74 Å². The standard InChI is InChI=1S/C15H19Cl2N3O/c1-11-13(8-18-5-6-21-2)10-20(19-11)9-12-3-4-14(16)15(17)7-12/h3-4,7,10,18H,5-6,8-9H2,1-2H3. The Labute approximate surface area is 135 Å². The first kappa shape index (κ1) is 16.3. The zero-order valence-corrected chi connectivity index (χ0v) is 13.7. The summed E-state index contributed by atoms with van der Waals surface area (Å²) in [6.45, 7) is 5.01. The van der Waals surface area contributed by atoms with Crippen LogP contribution in [0.15, 0.2) is 24.4 Å². The van der Waals surface area contributed by atoms with E-state index >= 15 is 0 Å². The van der Waals surface area contributed by atoms with E-state index in [0.29, 0.717) is 23.2 Å². The molecule has 0 aliphatic carbocycles. The van der Waals surface area contributed by atoms with E-state index in [0.717, 1.165) is 24.3 Å². The first-order valence-electron chi connectivity index (χ1n) is 6.76. The fourth-order valence-corrected chi connectivity index (χ4v) is 2.36. The molecule has 0 radical (unpaired) electrons. The molecule has 0 saturated carbocycles. The van der Waals surface area contributed by atoms with Crippen LogP contribution in [-0.2, 0) is 17.8 Å². The predicted octanol–water partition coefficient (Wildman–Crippen LogP) is 3.28. The van der Waals surface area contributed by atoms with E-state index in [2.05, 4.69) is 16.6 Å². The molecule has 0 aliphatic rings. The molecule has 1 heterocycles. The third-order valence-corrected chi connectivity index (χ3v) is 3.91. The Morgan fingerprint density at radius 2 is 2.10 bits per heavy atom. The SMILES string of the molecule is COCCNCc1cn(Cc2ccc(Cl)c(Cl)c2)nc1C. The molecule has 6 heteroatoms. The minimum atomic E-state index is 0.569. The highest BCUT2D eigenvalue weighted by atomic mass is 35.5. The fourth-order valence-electron chi connectivity index (χ4n) is 2.04. The Morgan fingerprint density at radius 3 is 2.81 bits per heavy atom. The van der Waals surface area contributed by atoms with Gasteiger partial charge in [-0.3, -0.25) is 4.68 Å². The lowest BCUT2D eigenvalue weighted by Gasteiger charge is -2.04. The van der Waals surface area contributed by atoms with Gasteiger partial charge in [-0.1, -0.05) is 29.3 Å². The van der Waals surface area contributed by atoms with Crippen molar-refractivity contribution in [1.82, 2.24) is 15.1 Å². The van der Waals surface area contributed by atoms with Crippen LogP contribution in [0.1, 0.15) is 16.8 Å². The highest BCUT2D eigenvalue weighted by molar-refractivity contribution is 6.42. The van der Waals surface area contributed by atoms with Crippen LogP contribution in [0.4, 0.5) is 0 Å². The van der Waals surface area contributed by atoms with Crippen molar-refractivity contribution in [3.05, 3.63) is 51.3 Å². The summed E-state index contributed by atoms with van der Waals surface area (Å²) in [5.41, 5.74) is 3.29. The monoisotopic (exact) mass is 327 g/mol. The normalized spacial score (nSPS) is 11.0. The predicted molar refractivity (Wildman–Crippen MR) is 86.1 cm³/mol. The molecular weight excluding hydrogens is 309 g/mol. The van der Waals surface area contributed by atoms with Gasteiger partial charge in [0.15, 0.2) is 0 Å². The smallest absolute Gasteiger partial charge is 0.0660 e. The molecule has 2 rings (SSSR count). The molecule has 0 atom stereocenters. The molecule has 1 N–H and O–H groups in total. The maximum absolute atomic E-state index is 6.03. The van der Waals surface area contributed by atoms with Crippen molar-refractivity contribution in [1.29, 1.82) is 0 Å². The highest BCUT2D eigenvalue weighted by Gasteiger charge is 2.06. The number of ether oxygens (including phenoxy) is 1. The fraction of sp³-hybridized carbons (Fsp3) is 0.400. The molecule has 0 fully saturated rings. The van der Waals surface area contributed by atoms with E-state index in [1.54, 1.807) is 7.11 Å². The van der Waals surface area contributed by atoms with Crippen LogP contribution >= 0.6 is 23.2 Å². The molecule has 21 heavy (non-hydrogen) atoms. The summed E-state index contributed by atoms with van der Waals surface area (Å²) in [4.78, 5) is 0. The lowest BCUT2D eigenvalue weighted by Crippen LogP contribution is -2.18. The van der Waals surface area contributed by atoms with Crippen molar-refractivity contribution in [2.75, 3.05) is 20.3 Å². The number of aromatic nitrogens is 2. The van der Waals surface area contributed by atoms with Crippen LogP contribution in [-0.4, -0.2) is 30.0 Å². The van der Waals surface area contributed by atoms with Gasteiger partial charge in [0.1, 0.15) is 0 Å². The van der Waals surface area contributed by atoms with Gasteiger partial charge in [0.05, 0.1) is 28.9 Å². The number of rotatable bonds is 7. The summed E-state index contributed by atoms with van der Waals surface area (Å²) in [6, 6.07) is 5.64. The molecule has 1 aromatic heterocycles. The molecule has 0 unspecified atom stereocenters. The highest BCUT2D eigenvalue weighted by Crippen LogP contribution is 2.23. The first-order chi connectivity index (χ1) is 10.1. The number of nitrogens with zero attached hydrogens (tertiary/aromatic N) is 2. The summed E-state index contributed by atoms with van der Waals surface area (Å²) in [5, 5.41) is 8.99. The van der Waals surface area contributed by atoms with Crippen molar-refractivity contribution in [2.24, 2.45) is 0 Å². The lowest BCUT2D eigenvalue weighted by molar-refractivity contribution is 0.199. The first-order valence-corrected chi connectivity index (χ1v) is 7.52. The van der Waals surface area contributed by atoms with Gasteiger partial charge in [0.25, 0.3) is 0 Å². The minimum Gasteiger partial charge on any atom is -0.383 e.